The summed E-state index contributed by atoms with van der Waals surface area (Å²) in [5.74, 6) is -0.140. The van der Waals surface area contributed by atoms with Gasteiger partial charge in [-0.1, -0.05) is 56.3 Å². The van der Waals surface area contributed by atoms with Crippen molar-refractivity contribution in [2.45, 2.75) is 39.0 Å². The van der Waals surface area contributed by atoms with Crippen LogP contribution in [-0.2, 0) is 9.59 Å². The Bertz CT molecular complexity index is 1320. The van der Waals surface area contributed by atoms with E-state index in [9.17, 15) is 9.59 Å². The van der Waals surface area contributed by atoms with Crippen LogP contribution in [0.2, 0.25) is 0 Å². The Hall–Kier alpha value is -3.71. The fourth-order valence-corrected chi connectivity index (χ4v) is 5.22. The van der Waals surface area contributed by atoms with Gasteiger partial charge in [-0.15, -0.1) is 0 Å². The van der Waals surface area contributed by atoms with Gasteiger partial charge in [0.25, 0.3) is 0 Å². The Kier molecular flexibility index (Phi) is 4.71. The number of anilines is 1. The van der Waals surface area contributed by atoms with Crippen molar-refractivity contribution in [1.29, 1.82) is 5.26 Å². The van der Waals surface area contributed by atoms with Gasteiger partial charge in [-0.3, -0.25) is 14.5 Å². The maximum Gasteiger partial charge on any atom is 0.232 e. The predicted molar refractivity (Wildman–Crippen MR) is 125 cm³/mol. The molecule has 4 heteroatoms. The van der Waals surface area contributed by atoms with Crippen molar-refractivity contribution >= 4 is 28.2 Å². The van der Waals surface area contributed by atoms with Crippen molar-refractivity contribution < 1.29 is 9.59 Å². The van der Waals surface area contributed by atoms with Crippen LogP contribution >= 0.6 is 0 Å². The molecule has 1 aliphatic carbocycles. The smallest absolute Gasteiger partial charge is 0.232 e. The van der Waals surface area contributed by atoms with Gasteiger partial charge in [0.05, 0.1) is 11.6 Å². The molecule has 1 atom stereocenters. The van der Waals surface area contributed by atoms with E-state index in [0.717, 1.165) is 27.6 Å². The van der Waals surface area contributed by atoms with Crippen LogP contribution in [0, 0.1) is 16.7 Å². The van der Waals surface area contributed by atoms with Crippen LogP contribution in [0.25, 0.3) is 10.8 Å². The van der Waals surface area contributed by atoms with E-state index in [4.69, 9.17) is 5.26 Å². The quantitative estimate of drug-likeness (QED) is 0.520. The summed E-state index contributed by atoms with van der Waals surface area (Å²) in [6.07, 6.45) is 1.38. The summed E-state index contributed by atoms with van der Waals surface area (Å²) in [6.45, 7) is 4.16. The van der Waals surface area contributed by atoms with Gasteiger partial charge in [0.2, 0.25) is 5.91 Å². The zero-order valence-electron chi connectivity index (χ0n) is 18.3. The molecule has 0 aromatic heterocycles. The number of allylic oxidation sites excluding steroid dienone is 2. The molecule has 4 nitrogen and oxygen atoms in total. The number of hydrogen-bond acceptors (Lipinski definition) is 3. The van der Waals surface area contributed by atoms with Crippen LogP contribution in [0.4, 0.5) is 5.69 Å². The third-order valence-corrected chi connectivity index (χ3v) is 6.60. The molecular weight excluding hydrogens is 396 g/mol. The third-order valence-electron chi connectivity index (χ3n) is 6.60. The maximum atomic E-state index is 13.6. The van der Waals surface area contributed by atoms with Crippen LogP contribution in [0.15, 0.2) is 78.0 Å². The molecule has 158 valence electrons. The lowest BCUT2D eigenvalue weighted by molar-refractivity contribution is -0.120. The normalized spacial score (nSPS) is 20.3. The first kappa shape index (κ1) is 20.2. The standard InChI is InChI=1S/C28H24N2O2/c1-28(2)15-24-27(25(31)16-28)23(22-9-5-7-19-6-3-4-8-21(19)22)14-26(32)30(24)20-12-10-18(17-29)11-13-20/h3-13,23H,14-16H2,1-2H3. The summed E-state index contributed by atoms with van der Waals surface area (Å²) in [6, 6.07) is 23.4. The first-order chi connectivity index (χ1) is 15.4. The van der Waals surface area contributed by atoms with Gasteiger partial charge in [-0.2, -0.15) is 5.26 Å². The molecule has 1 heterocycles. The number of amides is 1. The minimum atomic E-state index is -0.248. The minimum Gasteiger partial charge on any atom is -0.294 e. The molecule has 32 heavy (non-hydrogen) atoms. The Morgan fingerprint density at radius 2 is 1.66 bits per heavy atom. The molecule has 1 aliphatic heterocycles. The number of hydrogen-bond donors (Lipinski definition) is 0. The number of nitriles is 1. The molecule has 0 bridgehead atoms. The second-order valence-corrected chi connectivity index (χ2v) is 9.51. The monoisotopic (exact) mass is 420 g/mol. The summed E-state index contributed by atoms with van der Waals surface area (Å²) < 4.78 is 0. The number of rotatable bonds is 2. The van der Waals surface area contributed by atoms with E-state index >= 15 is 0 Å². The molecule has 2 aliphatic rings. The summed E-state index contributed by atoms with van der Waals surface area (Å²) in [5.41, 5.74) is 3.65. The number of carbonyl (C=O) groups is 2. The maximum absolute atomic E-state index is 13.6. The van der Waals surface area contributed by atoms with Crippen LogP contribution < -0.4 is 4.90 Å². The fourth-order valence-electron chi connectivity index (χ4n) is 5.22. The highest BCUT2D eigenvalue weighted by Gasteiger charge is 2.44. The molecule has 0 saturated carbocycles. The summed E-state index contributed by atoms with van der Waals surface area (Å²) in [4.78, 5) is 28.8. The SMILES string of the molecule is CC1(C)CC(=O)C2=C(C1)N(c1ccc(C#N)cc1)C(=O)CC2c1cccc2ccccc12. The summed E-state index contributed by atoms with van der Waals surface area (Å²) >= 11 is 0. The van der Waals surface area contributed by atoms with Crippen molar-refractivity contribution in [1.82, 2.24) is 0 Å². The topological polar surface area (TPSA) is 61.2 Å². The summed E-state index contributed by atoms with van der Waals surface area (Å²) in [7, 11) is 0. The van der Waals surface area contributed by atoms with E-state index in [0.29, 0.717) is 24.1 Å². The van der Waals surface area contributed by atoms with E-state index in [1.807, 2.05) is 18.2 Å². The van der Waals surface area contributed by atoms with Crippen molar-refractivity contribution in [3.8, 4) is 6.07 Å². The Balaban J connectivity index is 1.72. The van der Waals surface area contributed by atoms with Crippen LogP contribution in [0.3, 0.4) is 0 Å². The van der Waals surface area contributed by atoms with Gasteiger partial charge < -0.3 is 0 Å². The lowest BCUT2D eigenvalue weighted by atomic mass is 9.69. The van der Waals surface area contributed by atoms with Gasteiger partial charge in [-0.05, 0) is 52.4 Å². The zero-order valence-corrected chi connectivity index (χ0v) is 18.3. The van der Waals surface area contributed by atoms with Gasteiger partial charge in [0.1, 0.15) is 0 Å². The average Bonchev–Trinajstić information content (AvgIpc) is 2.77. The van der Waals surface area contributed by atoms with Crippen molar-refractivity contribution in [2.24, 2.45) is 5.41 Å². The number of fused-ring (bicyclic) bond motifs is 1. The molecule has 5 rings (SSSR count). The molecule has 3 aromatic rings. The largest absolute Gasteiger partial charge is 0.294 e. The van der Waals surface area contributed by atoms with E-state index in [2.05, 4.69) is 44.2 Å². The first-order valence-electron chi connectivity index (χ1n) is 10.9. The molecule has 1 amide bonds. The van der Waals surface area contributed by atoms with Crippen molar-refractivity contribution in [2.75, 3.05) is 4.90 Å². The van der Waals surface area contributed by atoms with Gasteiger partial charge in [0.15, 0.2) is 5.78 Å². The predicted octanol–water partition coefficient (Wildman–Crippen LogP) is 5.88. The van der Waals surface area contributed by atoms with Crippen LogP contribution in [0.1, 0.15) is 50.2 Å². The average molecular weight is 421 g/mol. The van der Waals surface area contributed by atoms with E-state index in [1.54, 1.807) is 29.2 Å². The van der Waals surface area contributed by atoms with E-state index in [1.165, 1.54) is 0 Å². The molecule has 0 spiro atoms. The Labute approximate surface area is 187 Å². The Morgan fingerprint density at radius 1 is 0.938 bits per heavy atom. The van der Waals surface area contributed by atoms with Gasteiger partial charge in [0, 0.05) is 35.7 Å². The van der Waals surface area contributed by atoms with Crippen molar-refractivity contribution in [3.63, 3.8) is 0 Å². The molecule has 1 unspecified atom stereocenters. The molecule has 3 aromatic carbocycles. The highest BCUT2D eigenvalue weighted by atomic mass is 16.2. The van der Waals surface area contributed by atoms with Crippen molar-refractivity contribution in [3.05, 3.63) is 89.1 Å². The second kappa shape index (κ2) is 7.46. The lowest BCUT2D eigenvalue weighted by Gasteiger charge is -2.43. The van der Waals surface area contributed by atoms with Crippen LogP contribution in [0.5, 0.6) is 0 Å². The molecule has 0 N–H and O–H groups in total. The minimum absolute atomic E-state index is 0.0168. The Morgan fingerprint density at radius 3 is 2.41 bits per heavy atom. The number of benzene rings is 3. The number of ketones is 1. The third kappa shape index (κ3) is 3.31. The van der Waals surface area contributed by atoms with Gasteiger partial charge in [-0.25, -0.2) is 0 Å². The number of nitrogens with zero attached hydrogens (tertiary/aromatic N) is 2. The first-order valence-corrected chi connectivity index (χ1v) is 10.9. The molecular formula is C28H24N2O2. The zero-order chi connectivity index (χ0) is 22.5. The lowest BCUT2D eigenvalue weighted by Crippen LogP contribution is -2.43. The molecule has 0 fully saturated rings. The fraction of sp³-hybridized carbons (Fsp3) is 0.250. The molecule has 0 radical (unpaired) electrons. The van der Waals surface area contributed by atoms with Gasteiger partial charge >= 0.3 is 0 Å². The highest BCUT2D eigenvalue weighted by Crippen LogP contribution is 2.49. The number of carbonyl (C=O) groups excluding carboxylic acids is 2. The number of Topliss-reactive ketones (excluding diaryl/α,β-unsaturated/α-hetero) is 1. The summed E-state index contributed by atoms with van der Waals surface area (Å²) in [5, 5.41) is 11.3. The highest BCUT2D eigenvalue weighted by molar-refractivity contribution is 6.08. The van der Waals surface area contributed by atoms with E-state index in [-0.39, 0.29) is 29.4 Å². The molecule has 0 saturated heterocycles. The van der Waals surface area contributed by atoms with Crippen LogP contribution in [-0.4, -0.2) is 11.7 Å². The van der Waals surface area contributed by atoms with E-state index < -0.39 is 0 Å². The second-order valence-electron chi connectivity index (χ2n) is 9.51.